The van der Waals surface area contributed by atoms with Crippen LogP contribution in [-0.2, 0) is 4.79 Å². The van der Waals surface area contributed by atoms with Gasteiger partial charge in [0.1, 0.15) is 5.54 Å². The molecule has 0 atom stereocenters. The summed E-state index contributed by atoms with van der Waals surface area (Å²) in [7, 11) is 0. The molecule has 2 N–H and O–H groups in total. The number of nitrogens with one attached hydrogen (secondary N) is 2. The van der Waals surface area contributed by atoms with Crippen LogP contribution in [0.3, 0.4) is 0 Å². The molecule has 1 aromatic rings. The molecule has 0 aromatic heterocycles. The van der Waals surface area contributed by atoms with Gasteiger partial charge in [0.2, 0.25) is 5.91 Å². The number of fused-ring (bicyclic) bond motifs is 1. The van der Waals surface area contributed by atoms with E-state index in [4.69, 9.17) is 23.2 Å². The average Bonchev–Trinajstić information content (AvgIpc) is 2.17. The van der Waals surface area contributed by atoms with E-state index in [-0.39, 0.29) is 5.91 Å². The predicted molar refractivity (Wildman–Crippen MR) is 65.3 cm³/mol. The van der Waals surface area contributed by atoms with Gasteiger partial charge in [0, 0.05) is 0 Å². The van der Waals surface area contributed by atoms with Crippen LogP contribution in [0.5, 0.6) is 0 Å². The molecule has 2 aliphatic rings. The largest absolute Gasteiger partial charge is 0.369 e. The first kappa shape index (κ1) is 10.2. The van der Waals surface area contributed by atoms with Crippen LogP contribution in [0.2, 0.25) is 10.0 Å². The summed E-state index contributed by atoms with van der Waals surface area (Å²) in [6.07, 6.45) is 2.83. The maximum absolute atomic E-state index is 11.9. The molecule has 1 aromatic carbocycles. The lowest BCUT2D eigenvalue weighted by molar-refractivity contribution is -0.123. The second kappa shape index (κ2) is 3.28. The Morgan fingerprint density at radius 2 is 1.75 bits per heavy atom. The first-order valence-corrected chi connectivity index (χ1v) is 5.95. The Morgan fingerprint density at radius 1 is 1.12 bits per heavy atom. The third kappa shape index (κ3) is 1.31. The molecule has 1 saturated carbocycles. The number of rotatable bonds is 0. The number of anilines is 2. The van der Waals surface area contributed by atoms with Crippen LogP contribution in [0.25, 0.3) is 0 Å². The van der Waals surface area contributed by atoms with Crippen molar-refractivity contribution in [2.24, 2.45) is 0 Å². The number of carbonyl (C=O) groups is 1. The number of carbonyl (C=O) groups excluding carboxylic acids is 1. The number of hydrogen-bond donors (Lipinski definition) is 2. The Kier molecular flexibility index (Phi) is 2.10. The molecule has 84 valence electrons. The van der Waals surface area contributed by atoms with Crippen molar-refractivity contribution in [2.75, 3.05) is 10.6 Å². The summed E-state index contributed by atoms with van der Waals surface area (Å²) in [5, 5.41) is 7.10. The van der Waals surface area contributed by atoms with Crippen molar-refractivity contribution in [3.8, 4) is 0 Å². The first-order valence-electron chi connectivity index (χ1n) is 5.19. The van der Waals surface area contributed by atoms with E-state index in [0.717, 1.165) is 24.9 Å². The monoisotopic (exact) mass is 256 g/mol. The number of amides is 1. The highest BCUT2D eigenvalue weighted by Gasteiger charge is 2.46. The fourth-order valence-corrected chi connectivity index (χ4v) is 2.52. The standard InChI is InChI=1S/C11H10Cl2N2O/c12-6-4-8-9(5-7(6)13)15-11(2-1-3-11)10(16)14-8/h4-5,15H,1-3H2,(H,14,16). The van der Waals surface area contributed by atoms with Gasteiger partial charge in [0.15, 0.2) is 0 Å². The molecule has 3 rings (SSSR count). The van der Waals surface area contributed by atoms with E-state index in [0.29, 0.717) is 15.7 Å². The van der Waals surface area contributed by atoms with E-state index in [1.54, 1.807) is 12.1 Å². The van der Waals surface area contributed by atoms with Gasteiger partial charge in [-0.15, -0.1) is 0 Å². The van der Waals surface area contributed by atoms with Crippen LogP contribution in [0.15, 0.2) is 12.1 Å². The van der Waals surface area contributed by atoms with Gasteiger partial charge in [-0.05, 0) is 31.4 Å². The van der Waals surface area contributed by atoms with Gasteiger partial charge in [-0.3, -0.25) is 4.79 Å². The minimum Gasteiger partial charge on any atom is -0.369 e. The minimum atomic E-state index is -0.413. The molecule has 5 heteroatoms. The molecule has 1 amide bonds. The van der Waals surface area contributed by atoms with Crippen LogP contribution in [-0.4, -0.2) is 11.4 Å². The molecular formula is C11H10Cl2N2O. The van der Waals surface area contributed by atoms with Crippen LogP contribution in [0.1, 0.15) is 19.3 Å². The molecule has 3 nitrogen and oxygen atoms in total. The first-order chi connectivity index (χ1) is 7.61. The van der Waals surface area contributed by atoms with Gasteiger partial charge < -0.3 is 10.6 Å². The third-order valence-electron chi connectivity index (χ3n) is 3.32. The smallest absolute Gasteiger partial charge is 0.250 e. The fourth-order valence-electron chi connectivity index (χ4n) is 2.19. The molecule has 1 aliphatic heterocycles. The lowest BCUT2D eigenvalue weighted by Crippen LogP contribution is -2.57. The van der Waals surface area contributed by atoms with Gasteiger partial charge in [0.05, 0.1) is 21.4 Å². The van der Waals surface area contributed by atoms with Crippen LogP contribution < -0.4 is 10.6 Å². The second-order valence-corrected chi connectivity index (χ2v) is 5.14. The van der Waals surface area contributed by atoms with Crippen molar-refractivity contribution in [2.45, 2.75) is 24.8 Å². The van der Waals surface area contributed by atoms with Crippen LogP contribution in [0, 0.1) is 0 Å². The van der Waals surface area contributed by atoms with Crippen LogP contribution in [0.4, 0.5) is 11.4 Å². The van der Waals surface area contributed by atoms with Gasteiger partial charge in [-0.1, -0.05) is 23.2 Å². The Balaban J connectivity index is 2.05. The molecule has 1 aliphatic carbocycles. The Labute approximate surface area is 103 Å². The highest BCUT2D eigenvalue weighted by atomic mass is 35.5. The van der Waals surface area contributed by atoms with Crippen molar-refractivity contribution in [1.29, 1.82) is 0 Å². The second-order valence-electron chi connectivity index (χ2n) is 4.33. The van der Waals surface area contributed by atoms with Crippen molar-refractivity contribution >= 4 is 40.5 Å². The summed E-state index contributed by atoms with van der Waals surface area (Å²) >= 11 is 11.9. The Bertz CT molecular complexity index is 483. The van der Waals surface area contributed by atoms with Gasteiger partial charge in [-0.2, -0.15) is 0 Å². The van der Waals surface area contributed by atoms with Gasteiger partial charge in [0.25, 0.3) is 0 Å². The Hall–Kier alpha value is -0.930. The van der Waals surface area contributed by atoms with E-state index in [1.165, 1.54) is 0 Å². The van der Waals surface area contributed by atoms with E-state index in [1.807, 2.05) is 0 Å². The summed E-state index contributed by atoms with van der Waals surface area (Å²) in [5.74, 6) is 0.0321. The molecule has 1 spiro atoms. The quantitative estimate of drug-likeness (QED) is 0.748. The van der Waals surface area contributed by atoms with E-state index < -0.39 is 5.54 Å². The number of hydrogen-bond acceptors (Lipinski definition) is 2. The molecular weight excluding hydrogens is 247 g/mol. The van der Waals surface area contributed by atoms with Crippen molar-refractivity contribution in [3.05, 3.63) is 22.2 Å². The Morgan fingerprint density at radius 3 is 2.31 bits per heavy atom. The summed E-state index contributed by atoms with van der Waals surface area (Å²) < 4.78 is 0. The summed E-state index contributed by atoms with van der Waals surface area (Å²) in [6.45, 7) is 0. The molecule has 1 fully saturated rings. The third-order valence-corrected chi connectivity index (χ3v) is 4.05. The molecule has 16 heavy (non-hydrogen) atoms. The van der Waals surface area contributed by atoms with E-state index in [9.17, 15) is 4.79 Å². The molecule has 0 bridgehead atoms. The predicted octanol–water partition coefficient (Wildman–Crippen LogP) is 3.28. The van der Waals surface area contributed by atoms with Gasteiger partial charge >= 0.3 is 0 Å². The van der Waals surface area contributed by atoms with Crippen molar-refractivity contribution < 1.29 is 4.79 Å². The lowest BCUT2D eigenvalue weighted by atomic mass is 9.74. The molecule has 1 heterocycles. The maximum Gasteiger partial charge on any atom is 0.250 e. The summed E-state index contributed by atoms with van der Waals surface area (Å²) in [5.41, 5.74) is 1.15. The highest BCUT2D eigenvalue weighted by molar-refractivity contribution is 6.42. The fraction of sp³-hybridized carbons (Fsp3) is 0.364. The topological polar surface area (TPSA) is 41.1 Å². The van der Waals surface area contributed by atoms with E-state index in [2.05, 4.69) is 10.6 Å². The summed E-state index contributed by atoms with van der Waals surface area (Å²) in [6, 6.07) is 3.44. The molecule has 0 saturated heterocycles. The summed E-state index contributed by atoms with van der Waals surface area (Å²) in [4.78, 5) is 11.9. The van der Waals surface area contributed by atoms with E-state index >= 15 is 0 Å². The van der Waals surface area contributed by atoms with Crippen molar-refractivity contribution in [1.82, 2.24) is 0 Å². The highest BCUT2D eigenvalue weighted by Crippen LogP contribution is 2.43. The average molecular weight is 257 g/mol. The zero-order valence-corrected chi connectivity index (χ0v) is 9.95. The minimum absolute atomic E-state index is 0.0321. The number of benzene rings is 1. The maximum atomic E-state index is 11.9. The van der Waals surface area contributed by atoms with Crippen molar-refractivity contribution in [3.63, 3.8) is 0 Å². The molecule has 0 radical (unpaired) electrons. The van der Waals surface area contributed by atoms with Crippen LogP contribution >= 0.6 is 23.2 Å². The lowest BCUT2D eigenvalue weighted by Gasteiger charge is -2.45. The number of halogens is 2. The zero-order valence-electron chi connectivity index (χ0n) is 8.44. The van der Waals surface area contributed by atoms with Gasteiger partial charge in [-0.25, -0.2) is 0 Å². The SMILES string of the molecule is O=C1Nc2cc(Cl)c(Cl)cc2NC12CCC2. The molecule has 0 unspecified atom stereocenters. The normalized spacial score (nSPS) is 20.8. The zero-order chi connectivity index (χ0) is 11.3.